The summed E-state index contributed by atoms with van der Waals surface area (Å²) in [5.74, 6) is 0.498. The minimum absolute atomic E-state index is 0.117. The van der Waals surface area contributed by atoms with Gasteiger partial charge in [0.05, 0.1) is 0 Å². The predicted molar refractivity (Wildman–Crippen MR) is 89.8 cm³/mol. The van der Waals surface area contributed by atoms with Gasteiger partial charge in [-0.25, -0.2) is 9.18 Å². The minimum Gasteiger partial charge on any atom is -0.337 e. The van der Waals surface area contributed by atoms with Crippen molar-refractivity contribution < 1.29 is 13.4 Å². The fourth-order valence-electron chi connectivity index (χ4n) is 1.99. The van der Waals surface area contributed by atoms with E-state index in [-0.39, 0.29) is 12.4 Å². The van der Waals surface area contributed by atoms with E-state index in [1.807, 2.05) is 30.3 Å². The Kier molecular flexibility index (Phi) is 6.75. The van der Waals surface area contributed by atoms with Crippen LogP contribution in [0.5, 0.6) is 0 Å². The van der Waals surface area contributed by atoms with Crippen LogP contribution in [-0.4, -0.2) is 22.5 Å². The van der Waals surface area contributed by atoms with E-state index in [1.165, 1.54) is 6.07 Å². The second kappa shape index (κ2) is 9.05. The maximum atomic E-state index is 13.4. The molecule has 0 aliphatic heterocycles. The number of hydrogen-bond acceptors (Lipinski definition) is 2. The Morgan fingerprint density at radius 3 is 2.43 bits per heavy atom. The Balaban J connectivity index is 1.65. The van der Waals surface area contributed by atoms with Crippen LogP contribution in [0.4, 0.5) is 9.18 Å². The number of nitrogens with one attached hydrogen (secondary N) is 2. The lowest BCUT2D eigenvalue weighted by molar-refractivity contribution is 0.241. The average Bonchev–Trinajstić information content (AvgIpc) is 2.55. The van der Waals surface area contributed by atoms with Crippen molar-refractivity contribution in [1.82, 2.24) is 10.6 Å². The number of hydrogen-bond donors (Lipinski definition) is 2. The van der Waals surface area contributed by atoms with Crippen molar-refractivity contribution in [2.75, 3.05) is 12.3 Å². The lowest BCUT2D eigenvalue weighted by Gasteiger charge is -2.08. The first-order valence-electron chi connectivity index (χ1n) is 7.29. The summed E-state index contributed by atoms with van der Waals surface area (Å²) in [4.78, 5) is 11.6. The smallest absolute Gasteiger partial charge is 0.315 e. The second-order valence-electron chi connectivity index (χ2n) is 4.97. The third kappa shape index (κ3) is 6.20. The molecule has 0 heterocycles. The van der Waals surface area contributed by atoms with Gasteiger partial charge in [-0.2, -0.15) is 0 Å². The van der Waals surface area contributed by atoms with Crippen LogP contribution in [-0.2, 0) is 23.1 Å². The van der Waals surface area contributed by atoms with Crippen LogP contribution in [0, 0.1) is 5.82 Å². The zero-order chi connectivity index (χ0) is 16.5. The molecule has 1 unspecified atom stereocenters. The molecule has 2 N–H and O–H groups in total. The van der Waals surface area contributed by atoms with E-state index in [9.17, 15) is 13.4 Å². The predicted octanol–water partition coefficient (Wildman–Crippen LogP) is 2.57. The normalized spacial score (nSPS) is 11.7. The van der Waals surface area contributed by atoms with Crippen molar-refractivity contribution >= 4 is 16.8 Å². The van der Waals surface area contributed by atoms with Gasteiger partial charge >= 0.3 is 6.03 Å². The summed E-state index contributed by atoms with van der Waals surface area (Å²) < 4.78 is 25.3. The van der Waals surface area contributed by atoms with Crippen molar-refractivity contribution in [3.05, 3.63) is 71.5 Å². The largest absolute Gasteiger partial charge is 0.337 e. The fourth-order valence-corrected chi connectivity index (χ4v) is 3.03. The first-order valence-corrected chi connectivity index (χ1v) is 8.78. The van der Waals surface area contributed by atoms with Crippen LogP contribution < -0.4 is 10.6 Å². The van der Waals surface area contributed by atoms with E-state index in [4.69, 9.17) is 0 Å². The number of urea groups is 1. The van der Waals surface area contributed by atoms with Crippen molar-refractivity contribution in [1.29, 1.82) is 0 Å². The molecule has 122 valence electrons. The first kappa shape index (κ1) is 17.1. The average molecular weight is 334 g/mol. The molecule has 2 amide bonds. The number of halogens is 1. The molecule has 2 rings (SSSR count). The zero-order valence-electron chi connectivity index (χ0n) is 12.6. The molecule has 1 atom stereocenters. The van der Waals surface area contributed by atoms with E-state index in [1.54, 1.807) is 18.2 Å². The molecule has 0 bridgehead atoms. The van der Waals surface area contributed by atoms with Gasteiger partial charge in [-0.1, -0.05) is 48.5 Å². The highest BCUT2D eigenvalue weighted by Gasteiger charge is 2.05. The van der Waals surface area contributed by atoms with Crippen molar-refractivity contribution in [3.8, 4) is 0 Å². The summed E-state index contributed by atoms with van der Waals surface area (Å²) in [5.41, 5.74) is 1.44. The highest BCUT2D eigenvalue weighted by molar-refractivity contribution is 7.84. The van der Waals surface area contributed by atoms with Gasteiger partial charge in [0, 0.05) is 41.0 Å². The number of rotatable bonds is 7. The van der Waals surface area contributed by atoms with E-state index >= 15 is 0 Å². The highest BCUT2D eigenvalue weighted by Crippen LogP contribution is 2.05. The molecular weight excluding hydrogens is 315 g/mol. The third-order valence-electron chi connectivity index (χ3n) is 3.18. The van der Waals surface area contributed by atoms with Crippen LogP contribution in [0.3, 0.4) is 0 Å². The lowest BCUT2D eigenvalue weighted by Crippen LogP contribution is -2.37. The van der Waals surface area contributed by atoms with Crippen LogP contribution >= 0.6 is 0 Å². The lowest BCUT2D eigenvalue weighted by atomic mass is 10.2. The van der Waals surface area contributed by atoms with Gasteiger partial charge in [-0.15, -0.1) is 0 Å². The Morgan fingerprint density at radius 2 is 1.70 bits per heavy atom. The second-order valence-corrected chi connectivity index (χ2v) is 6.55. The van der Waals surface area contributed by atoms with Gasteiger partial charge in [0.15, 0.2) is 0 Å². The molecule has 23 heavy (non-hydrogen) atoms. The maximum Gasteiger partial charge on any atom is 0.315 e. The molecule has 2 aromatic rings. The Hall–Kier alpha value is -2.21. The summed E-state index contributed by atoms with van der Waals surface area (Å²) in [7, 11) is -1.03. The summed E-state index contributed by atoms with van der Waals surface area (Å²) in [5, 5.41) is 5.20. The monoisotopic (exact) mass is 334 g/mol. The summed E-state index contributed by atoms with van der Waals surface area (Å²) in [6.07, 6.45) is 0. The molecule has 0 spiro atoms. The molecule has 6 heteroatoms. The minimum atomic E-state index is -1.03. The van der Waals surface area contributed by atoms with Crippen molar-refractivity contribution in [2.45, 2.75) is 12.3 Å². The molecular formula is C17H19FN2O2S. The number of carbonyl (C=O) groups is 1. The van der Waals surface area contributed by atoms with Crippen LogP contribution in [0.25, 0.3) is 0 Å². The van der Waals surface area contributed by atoms with E-state index < -0.39 is 16.8 Å². The van der Waals surface area contributed by atoms with E-state index in [2.05, 4.69) is 10.6 Å². The topological polar surface area (TPSA) is 58.2 Å². The molecule has 0 aromatic heterocycles. The van der Waals surface area contributed by atoms with Crippen LogP contribution in [0.2, 0.25) is 0 Å². The van der Waals surface area contributed by atoms with Gasteiger partial charge in [0.2, 0.25) is 0 Å². The zero-order valence-corrected chi connectivity index (χ0v) is 13.4. The highest BCUT2D eigenvalue weighted by atomic mass is 32.2. The SMILES string of the molecule is O=C(NCCS(=O)Cc1ccccc1)NCc1ccccc1F. The summed E-state index contributed by atoms with van der Waals surface area (Å²) in [6, 6.07) is 15.4. The molecule has 0 aliphatic carbocycles. The standard InChI is InChI=1S/C17H19FN2O2S/c18-16-9-5-4-8-15(16)12-20-17(21)19-10-11-23(22)13-14-6-2-1-3-7-14/h1-9H,10-13H2,(H2,19,20,21). The van der Waals surface area contributed by atoms with E-state index in [0.29, 0.717) is 23.6 Å². The van der Waals surface area contributed by atoms with Gasteiger partial charge in [-0.05, 0) is 11.6 Å². The molecule has 4 nitrogen and oxygen atoms in total. The maximum absolute atomic E-state index is 13.4. The van der Waals surface area contributed by atoms with Gasteiger partial charge in [-0.3, -0.25) is 4.21 Å². The molecule has 2 aromatic carbocycles. The van der Waals surface area contributed by atoms with Crippen LogP contribution in [0.15, 0.2) is 54.6 Å². The Labute approximate surface area is 137 Å². The summed E-state index contributed by atoms with van der Waals surface area (Å²) in [6.45, 7) is 0.425. The van der Waals surface area contributed by atoms with Crippen molar-refractivity contribution in [2.24, 2.45) is 0 Å². The number of amides is 2. The molecule has 0 radical (unpaired) electrons. The van der Waals surface area contributed by atoms with E-state index in [0.717, 1.165) is 5.56 Å². The fraction of sp³-hybridized carbons (Fsp3) is 0.235. The van der Waals surface area contributed by atoms with Gasteiger partial charge in [0.1, 0.15) is 5.82 Å². The van der Waals surface area contributed by atoms with Gasteiger partial charge in [0.25, 0.3) is 0 Å². The molecule has 0 fully saturated rings. The third-order valence-corrected chi connectivity index (χ3v) is 4.50. The Bertz CT molecular complexity index is 665. The Morgan fingerprint density at radius 1 is 1.00 bits per heavy atom. The summed E-state index contributed by atoms with van der Waals surface area (Å²) >= 11 is 0. The van der Waals surface area contributed by atoms with Crippen LogP contribution in [0.1, 0.15) is 11.1 Å². The quantitative estimate of drug-likeness (QED) is 0.818. The number of benzene rings is 2. The number of carbonyl (C=O) groups excluding carboxylic acids is 1. The van der Waals surface area contributed by atoms with Crippen molar-refractivity contribution in [3.63, 3.8) is 0 Å². The molecule has 0 saturated heterocycles. The molecule has 0 aliphatic rings. The van der Waals surface area contributed by atoms with Gasteiger partial charge < -0.3 is 10.6 Å². The first-order chi connectivity index (χ1) is 11.1. The molecule has 0 saturated carbocycles.